The smallest absolute Gasteiger partial charge is 0.410 e. The van der Waals surface area contributed by atoms with Crippen LogP contribution in [0, 0.1) is 0 Å². The number of hydrogen-bond donors (Lipinski definition) is 2. The van der Waals surface area contributed by atoms with Gasteiger partial charge in [-0.05, 0) is 58.6 Å². The number of ether oxygens (including phenoxy) is 1. The van der Waals surface area contributed by atoms with Gasteiger partial charge in [0.2, 0.25) is 5.91 Å². The molecule has 1 aliphatic carbocycles. The second-order valence-corrected chi connectivity index (χ2v) is 9.58. The zero-order valence-corrected chi connectivity index (χ0v) is 19.0. The third kappa shape index (κ3) is 6.74. The van der Waals surface area contributed by atoms with Gasteiger partial charge in [0.15, 0.2) is 0 Å². The molecule has 1 saturated heterocycles. The van der Waals surface area contributed by atoms with E-state index in [4.69, 9.17) is 4.74 Å². The van der Waals surface area contributed by atoms with Crippen molar-refractivity contribution in [2.45, 2.75) is 83.4 Å². The van der Waals surface area contributed by atoms with Crippen molar-refractivity contribution in [2.24, 2.45) is 0 Å². The number of carbonyl (C=O) groups excluding carboxylic acids is 3. The molecule has 31 heavy (non-hydrogen) atoms. The minimum absolute atomic E-state index is 0.0163. The molecule has 2 N–H and O–H groups in total. The Morgan fingerprint density at radius 1 is 1.06 bits per heavy atom. The number of amides is 3. The predicted molar refractivity (Wildman–Crippen MR) is 118 cm³/mol. The summed E-state index contributed by atoms with van der Waals surface area (Å²) >= 11 is 0. The highest BCUT2D eigenvalue weighted by Crippen LogP contribution is 2.25. The zero-order valence-electron chi connectivity index (χ0n) is 19.0. The maximum absolute atomic E-state index is 12.7. The summed E-state index contributed by atoms with van der Waals surface area (Å²) in [5, 5.41) is 5.77. The number of aromatic nitrogens is 1. The average Bonchev–Trinajstić information content (AvgIpc) is 3.21. The second-order valence-electron chi connectivity index (χ2n) is 9.58. The Morgan fingerprint density at radius 2 is 1.74 bits per heavy atom. The van der Waals surface area contributed by atoms with Gasteiger partial charge in [0.25, 0.3) is 5.91 Å². The van der Waals surface area contributed by atoms with E-state index in [2.05, 4.69) is 10.6 Å². The van der Waals surface area contributed by atoms with Crippen LogP contribution in [0.5, 0.6) is 0 Å². The maximum Gasteiger partial charge on any atom is 0.410 e. The van der Waals surface area contributed by atoms with Gasteiger partial charge in [-0.3, -0.25) is 9.59 Å². The van der Waals surface area contributed by atoms with E-state index >= 15 is 0 Å². The van der Waals surface area contributed by atoms with Crippen molar-refractivity contribution in [1.82, 2.24) is 20.1 Å². The molecule has 1 aromatic heterocycles. The van der Waals surface area contributed by atoms with Gasteiger partial charge in [0.1, 0.15) is 11.3 Å². The van der Waals surface area contributed by atoms with E-state index < -0.39 is 5.60 Å². The monoisotopic (exact) mass is 432 g/mol. The summed E-state index contributed by atoms with van der Waals surface area (Å²) in [7, 11) is 0. The third-order valence-corrected chi connectivity index (χ3v) is 5.90. The fourth-order valence-electron chi connectivity index (χ4n) is 4.33. The second kappa shape index (κ2) is 10.2. The van der Waals surface area contributed by atoms with Crippen LogP contribution >= 0.6 is 0 Å². The van der Waals surface area contributed by atoms with Gasteiger partial charge in [-0.1, -0.05) is 19.3 Å². The number of rotatable bonds is 5. The fourth-order valence-corrected chi connectivity index (χ4v) is 4.33. The van der Waals surface area contributed by atoms with Crippen molar-refractivity contribution >= 4 is 17.9 Å². The van der Waals surface area contributed by atoms with Gasteiger partial charge in [0, 0.05) is 31.4 Å². The first-order valence-electron chi connectivity index (χ1n) is 11.5. The van der Waals surface area contributed by atoms with Crippen LogP contribution in [0.3, 0.4) is 0 Å². The molecule has 1 aromatic rings. The van der Waals surface area contributed by atoms with Gasteiger partial charge in [-0.25, -0.2) is 4.79 Å². The molecule has 0 spiro atoms. The van der Waals surface area contributed by atoms with Crippen LogP contribution in [-0.2, 0) is 9.53 Å². The van der Waals surface area contributed by atoms with Gasteiger partial charge in [-0.2, -0.15) is 0 Å². The minimum atomic E-state index is -0.511. The van der Waals surface area contributed by atoms with Crippen LogP contribution in [0.4, 0.5) is 4.79 Å². The topological polar surface area (TPSA) is 92.7 Å². The SMILES string of the molecule is CC(C)(C)OC(=O)N1CCC(n2cccc2C(=O)NCC(=O)NC2CCCCC2)CC1. The first kappa shape index (κ1) is 23.2. The Morgan fingerprint density at radius 3 is 2.39 bits per heavy atom. The molecule has 1 aliphatic heterocycles. The van der Waals surface area contributed by atoms with E-state index in [1.165, 1.54) is 6.42 Å². The molecule has 0 unspecified atom stereocenters. The molecular formula is C23H36N4O4. The lowest BCUT2D eigenvalue weighted by molar-refractivity contribution is -0.121. The molecule has 3 amide bonds. The lowest BCUT2D eigenvalue weighted by Crippen LogP contribution is -2.43. The minimum Gasteiger partial charge on any atom is -0.444 e. The van der Waals surface area contributed by atoms with E-state index in [9.17, 15) is 14.4 Å². The lowest BCUT2D eigenvalue weighted by atomic mass is 9.95. The third-order valence-electron chi connectivity index (χ3n) is 5.90. The summed E-state index contributed by atoms with van der Waals surface area (Å²) in [6.07, 6.45) is 8.67. The van der Waals surface area contributed by atoms with E-state index in [0.29, 0.717) is 18.8 Å². The Bertz CT molecular complexity index is 769. The molecule has 0 aromatic carbocycles. The molecule has 0 radical (unpaired) electrons. The molecule has 8 heteroatoms. The van der Waals surface area contributed by atoms with E-state index in [1.807, 2.05) is 37.6 Å². The van der Waals surface area contributed by atoms with Crippen LogP contribution in [0.2, 0.25) is 0 Å². The lowest BCUT2D eigenvalue weighted by Gasteiger charge is -2.34. The van der Waals surface area contributed by atoms with Crippen LogP contribution in [0.1, 0.15) is 82.2 Å². The van der Waals surface area contributed by atoms with Crippen molar-refractivity contribution in [3.8, 4) is 0 Å². The maximum atomic E-state index is 12.7. The van der Waals surface area contributed by atoms with Crippen LogP contribution in [-0.4, -0.2) is 58.7 Å². The molecule has 2 heterocycles. The van der Waals surface area contributed by atoms with E-state index in [1.54, 1.807) is 11.0 Å². The van der Waals surface area contributed by atoms with Crippen molar-refractivity contribution in [2.75, 3.05) is 19.6 Å². The number of carbonyl (C=O) groups is 3. The highest BCUT2D eigenvalue weighted by molar-refractivity contribution is 5.95. The molecule has 3 rings (SSSR count). The molecule has 2 fully saturated rings. The zero-order chi connectivity index (χ0) is 22.4. The fraction of sp³-hybridized carbons (Fsp3) is 0.696. The summed E-state index contributed by atoms with van der Waals surface area (Å²) in [5.41, 5.74) is 0.0317. The molecule has 0 atom stereocenters. The van der Waals surface area contributed by atoms with E-state index in [-0.39, 0.29) is 36.5 Å². The Labute approximate surface area is 184 Å². The number of likely N-dealkylation sites (tertiary alicyclic amines) is 1. The standard InChI is InChI=1S/C23H36N4O4/c1-23(2,3)31-22(30)26-14-11-18(12-15-26)27-13-7-10-19(27)21(29)24-16-20(28)25-17-8-5-4-6-9-17/h7,10,13,17-18H,4-6,8-9,11-12,14-16H2,1-3H3,(H,24,29)(H,25,28). The normalized spacial score (nSPS) is 18.5. The van der Waals surface area contributed by atoms with Crippen LogP contribution in [0.15, 0.2) is 18.3 Å². The Hall–Kier alpha value is -2.51. The number of piperidine rings is 1. The molecule has 2 aliphatic rings. The van der Waals surface area contributed by atoms with Crippen LogP contribution < -0.4 is 10.6 Å². The first-order valence-corrected chi connectivity index (χ1v) is 11.5. The summed E-state index contributed by atoms with van der Waals surface area (Å²) in [5.74, 6) is -0.387. The van der Waals surface area contributed by atoms with Gasteiger partial charge < -0.3 is 24.8 Å². The van der Waals surface area contributed by atoms with Crippen molar-refractivity contribution in [1.29, 1.82) is 0 Å². The summed E-state index contributed by atoms with van der Waals surface area (Å²) in [4.78, 5) is 38.9. The summed E-state index contributed by atoms with van der Waals surface area (Å²) in [6.45, 7) is 6.73. The number of nitrogens with one attached hydrogen (secondary N) is 2. The summed E-state index contributed by atoms with van der Waals surface area (Å²) in [6, 6.07) is 3.98. The molecule has 172 valence electrons. The van der Waals surface area contributed by atoms with Crippen molar-refractivity contribution in [3.63, 3.8) is 0 Å². The summed E-state index contributed by atoms with van der Waals surface area (Å²) < 4.78 is 7.41. The van der Waals surface area contributed by atoms with E-state index in [0.717, 1.165) is 38.5 Å². The average molecular weight is 433 g/mol. The van der Waals surface area contributed by atoms with Gasteiger partial charge in [-0.15, -0.1) is 0 Å². The van der Waals surface area contributed by atoms with Crippen molar-refractivity contribution in [3.05, 3.63) is 24.0 Å². The predicted octanol–water partition coefficient (Wildman–Crippen LogP) is 3.24. The highest BCUT2D eigenvalue weighted by atomic mass is 16.6. The number of nitrogens with zero attached hydrogens (tertiary/aromatic N) is 2. The van der Waals surface area contributed by atoms with Crippen molar-refractivity contribution < 1.29 is 19.1 Å². The van der Waals surface area contributed by atoms with Crippen LogP contribution in [0.25, 0.3) is 0 Å². The molecule has 8 nitrogen and oxygen atoms in total. The number of hydrogen-bond acceptors (Lipinski definition) is 4. The highest BCUT2D eigenvalue weighted by Gasteiger charge is 2.28. The Kier molecular flexibility index (Phi) is 7.62. The van der Waals surface area contributed by atoms with Gasteiger partial charge >= 0.3 is 6.09 Å². The molecular weight excluding hydrogens is 396 g/mol. The largest absolute Gasteiger partial charge is 0.444 e. The quantitative estimate of drug-likeness (QED) is 0.747. The Balaban J connectivity index is 1.48. The van der Waals surface area contributed by atoms with Gasteiger partial charge in [0.05, 0.1) is 6.54 Å². The first-order chi connectivity index (χ1) is 14.7. The molecule has 0 bridgehead atoms. The molecule has 1 saturated carbocycles.